The molecule has 1 aromatic rings. The second-order valence-corrected chi connectivity index (χ2v) is 5.44. The summed E-state index contributed by atoms with van der Waals surface area (Å²) < 4.78 is 0. The maximum absolute atomic E-state index is 9.72. The van der Waals surface area contributed by atoms with Gasteiger partial charge < -0.3 is 15.3 Å². The van der Waals surface area contributed by atoms with E-state index in [2.05, 4.69) is 24.2 Å². The maximum atomic E-state index is 9.72. The van der Waals surface area contributed by atoms with E-state index >= 15 is 0 Å². The number of aromatic hydroxyl groups is 1. The molecule has 0 spiro atoms. The van der Waals surface area contributed by atoms with E-state index in [4.69, 9.17) is 0 Å². The highest BCUT2D eigenvalue weighted by molar-refractivity contribution is 5.31. The third-order valence-corrected chi connectivity index (χ3v) is 4.08. The number of hydrogen-bond acceptors (Lipinski definition) is 3. The molecule has 1 unspecified atom stereocenters. The number of rotatable bonds is 4. The van der Waals surface area contributed by atoms with Crippen LogP contribution in [0.25, 0.3) is 0 Å². The number of nitrogens with one attached hydrogen (secondary N) is 1. The summed E-state index contributed by atoms with van der Waals surface area (Å²) in [5, 5.41) is 13.3. The van der Waals surface area contributed by atoms with Crippen molar-refractivity contribution in [2.24, 2.45) is 5.92 Å². The number of para-hydroxylation sites is 1. The van der Waals surface area contributed by atoms with Crippen LogP contribution in [0, 0.1) is 5.92 Å². The Kier molecular flexibility index (Phi) is 4.61. The van der Waals surface area contributed by atoms with Crippen LogP contribution < -0.4 is 5.32 Å². The summed E-state index contributed by atoms with van der Waals surface area (Å²) in [5.74, 6) is 1.15. The molecular formula is C15H24N2O. The summed E-state index contributed by atoms with van der Waals surface area (Å²) in [6.07, 6.45) is 2.54. The van der Waals surface area contributed by atoms with Gasteiger partial charge in [0.2, 0.25) is 0 Å². The fraction of sp³-hybridized carbons (Fsp3) is 0.600. The van der Waals surface area contributed by atoms with Gasteiger partial charge in [0, 0.05) is 18.2 Å². The van der Waals surface area contributed by atoms with Gasteiger partial charge in [-0.25, -0.2) is 0 Å². The number of phenols is 1. The van der Waals surface area contributed by atoms with Crippen LogP contribution in [0.15, 0.2) is 24.3 Å². The fourth-order valence-corrected chi connectivity index (χ4v) is 2.63. The van der Waals surface area contributed by atoms with Gasteiger partial charge in [-0.3, -0.25) is 0 Å². The molecule has 1 aliphatic heterocycles. The molecule has 3 heteroatoms. The summed E-state index contributed by atoms with van der Waals surface area (Å²) in [5.41, 5.74) is 0.984. The largest absolute Gasteiger partial charge is 0.508 e. The number of nitrogens with zero attached hydrogens (tertiary/aromatic N) is 1. The number of phenolic OH excluding ortho intramolecular Hbond substituents is 1. The van der Waals surface area contributed by atoms with Crippen molar-refractivity contribution in [1.82, 2.24) is 10.2 Å². The van der Waals surface area contributed by atoms with Crippen LogP contribution in [-0.2, 0) is 6.54 Å². The van der Waals surface area contributed by atoms with E-state index < -0.39 is 0 Å². The van der Waals surface area contributed by atoms with E-state index in [0.717, 1.165) is 18.0 Å². The first-order valence-electron chi connectivity index (χ1n) is 6.85. The van der Waals surface area contributed by atoms with Crippen molar-refractivity contribution in [2.45, 2.75) is 32.4 Å². The molecule has 2 N–H and O–H groups in total. The lowest BCUT2D eigenvalue weighted by Gasteiger charge is -2.33. The molecule has 0 aromatic heterocycles. The molecule has 0 saturated carbocycles. The van der Waals surface area contributed by atoms with Crippen LogP contribution in [0.5, 0.6) is 5.75 Å². The predicted octanol–water partition coefficient (Wildman–Crippen LogP) is 2.21. The lowest BCUT2D eigenvalue weighted by molar-refractivity contribution is 0.189. The Balaban J connectivity index is 1.81. The second kappa shape index (κ2) is 6.21. The molecule has 1 heterocycles. The van der Waals surface area contributed by atoms with Crippen molar-refractivity contribution in [3.05, 3.63) is 29.8 Å². The average molecular weight is 248 g/mol. The van der Waals surface area contributed by atoms with E-state index in [1.807, 2.05) is 18.2 Å². The third kappa shape index (κ3) is 3.47. The van der Waals surface area contributed by atoms with Crippen LogP contribution in [0.2, 0.25) is 0 Å². The van der Waals surface area contributed by atoms with Gasteiger partial charge in [-0.2, -0.15) is 0 Å². The highest BCUT2D eigenvalue weighted by atomic mass is 16.3. The third-order valence-electron chi connectivity index (χ3n) is 4.08. The van der Waals surface area contributed by atoms with Crippen molar-refractivity contribution in [2.75, 3.05) is 20.1 Å². The quantitative estimate of drug-likeness (QED) is 0.857. The first-order valence-corrected chi connectivity index (χ1v) is 6.85. The van der Waals surface area contributed by atoms with Gasteiger partial charge in [0.05, 0.1) is 0 Å². The molecular weight excluding hydrogens is 224 g/mol. The molecule has 1 atom stereocenters. The first-order chi connectivity index (χ1) is 8.66. The van der Waals surface area contributed by atoms with Crippen LogP contribution in [0.1, 0.15) is 25.3 Å². The Hall–Kier alpha value is -1.06. The Morgan fingerprint density at radius 2 is 2.00 bits per heavy atom. The van der Waals surface area contributed by atoms with E-state index in [0.29, 0.717) is 11.8 Å². The lowest BCUT2D eigenvalue weighted by Crippen LogP contribution is -2.40. The standard InChI is InChI=1S/C15H24N2O/c1-12(13-7-9-17(2)10-8-13)16-11-14-5-3-4-6-15(14)18/h3-6,12-13,16,18H,7-11H2,1-2H3. The van der Waals surface area contributed by atoms with Crippen LogP contribution in [0.4, 0.5) is 0 Å². The Bertz CT molecular complexity index is 373. The molecule has 2 rings (SSSR count). The molecule has 0 amide bonds. The van der Waals surface area contributed by atoms with E-state index in [9.17, 15) is 5.11 Å². The summed E-state index contributed by atoms with van der Waals surface area (Å²) in [7, 11) is 2.19. The molecule has 1 saturated heterocycles. The van der Waals surface area contributed by atoms with Crippen molar-refractivity contribution >= 4 is 0 Å². The summed E-state index contributed by atoms with van der Waals surface area (Å²) in [6, 6.07) is 8.07. The van der Waals surface area contributed by atoms with Gasteiger partial charge in [0.1, 0.15) is 5.75 Å². The van der Waals surface area contributed by atoms with Gasteiger partial charge >= 0.3 is 0 Å². The lowest BCUT2D eigenvalue weighted by atomic mass is 9.90. The zero-order valence-corrected chi connectivity index (χ0v) is 11.4. The van der Waals surface area contributed by atoms with Crippen molar-refractivity contribution < 1.29 is 5.11 Å². The number of benzene rings is 1. The van der Waals surface area contributed by atoms with Crippen molar-refractivity contribution in [3.8, 4) is 5.75 Å². The first kappa shape index (κ1) is 13.4. The summed E-state index contributed by atoms with van der Waals surface area (Å²) >= 11 is 0. The number of piperidine rings is 1. The highest BCUT2D eigenvalue weighted by Crippen LogP contribution is 2.21. The van der Waals surface area contributed by atoms with Crippen LogP contribution in [-0.4, -0.2) is 36.2 Å². The minimum Gasteiger partial charge on any atom is -0.508 e. The van der Waals surface area contributed by atoms with Crippen LogP contribution in [0.3, 0.4) is 0 Å². The molecule has 1 aromatic carbocycles. The molecule has 0 aliphatic carbocycles. The monoisotopic (exact) mass is 248 g/mol. The summed E-state index contributed by atoms with van der Waals surface area (Å²) in [4.78, 5) is 2.40. The van der Waals surface area contributed by atoms with Crippen LogP contribution >= 0.6 is 0 Å². The SMILES string of the molecule is CC(NCc1ccccc1O)C1CCN(C)CC1. The highest BCUT2D eigenvalue weighted by Gasteiger charge is 2.21. The predicted molar refractivity (Wildman–Crippen MR) is 74.6 cm³/mol. The normalized spacial score (nSPS) is 19.9. The molecule has 0 radical (unpaired) electrons. The molecule has 3 nitrogen and oxygen atoms in total. The summed E-state index contributed by atoms with van der Waals surface area (Å²) in [6.45, 7) is 5.41. The molecule has 1 fully saturated rings. The Morgan fingerprint density at radius 1 is 1.33 bits per heavy atom. The molecule has 100 valence electrons. The van der Waals surface area contributed by atoms with Gasteiger partial charge in [0.15, 0.2) is 0 Å². The smallest absolute Gasteiger partial charge is 0.120 e. The average Bonchev–Trinajstić information content (AvgIpc) is 2.38. The fourth-order valence-electron chi connectivity index (χ4n) is 2.63. The van der Waals surface area contributed by atoms with Crippen molar-refractivity contribution in [3.63, 3.8) is 0 Å². The minimum absolute atomic E-state index is 0.389. The second-order valence-electron chi connectivity index (χ2n) is 5.44. The zero-order chi connectivity index (χ0) is 13.0. The van der Waals surface area contributed by atoms with E-state index in [1.165, 1.54) is 25.9 Å². The Morgan fingerprint density at radius 3 is 2.67 bits per heavy atom. The molecule has 18 heavy (non-hydrogen) atoms. The van der Waals surface area contributed by atoms with Gasteiger partial charge in [0.25, 0.3) is 0 Å². The topological polar surface area (TPSA) is 35.5 Å². The van der Waals surface area contributed by atoms with Gasteiger partial charge in [-0.1, -0.05) is 18.2 Å². The number of likely N-dealkylation sites (tertiary alicyclic amines) is 1. The van der Waals surface area contributed by atoms with Gasteiger partial charge in [-0.15, -0.1) is 0 Å². The number of hydrogen-bond donors (Lipinski definition) is 2. The molecule has 1 aliphatic rings. The molecule has 0 bridgehead atoms. The van der Waals surface area contributed by atoms with E-state index in [1.54, 1.807) is 6.07 Å². The zero-order valence-electron chi connectivity index (χ0n) is 11.4. The van der Waals surface area contributed by atoms with E-state index in [-0.39, 0.29) is 0 Å². The van der Waals surface area contributed by atoms with Gasteiger partial charge in [-0.05, 0) is 51.9 Å². The maximum Gasteiger partial charge on any atom is 0.120 e. The van der Waals surface area contributed by atoms with Crippen molar-refractivity contribution in [1.29, 1.82) is 0 Å². The Labute approximate surface area is 110 Å². The minimum atomic E-state index is 0.389.